The van der Waals surface area contributed by atoms with Crippen molar-refractivity contribution in [1.29, 1.82) is 0 Å². The second kappa shape index (κ2) is 12.5. The van der Waals surface area contributed by atoms with Gasteiger partial charge in [0.05, 0.1) is 28.9 Å². The number of aryl methyl sites for hydroxylation is 1. The van der Waals surface area contributed by atoms with Crippen LogP contribution in [0.4, 0.5) is 11.6 Å². The Labute approximate surface area is 234 Å². The molecule has 10 nitrogen and oxygen atoms in total. The lowest BCUT2D eigenvalue weighted by Gasteiger charge is -2.23. The Kier molecular flexibility index (Phi) is 9.16. The van der Waals surface area contributed by atoms with Crippen LogP contribution in [0.1, 0.15) is 31.7 Å². The van der Waals surface area contributed by atoms with Gasteiger partial charge in [-0.05, 0) is 56.5 Å². The van der Waals surface area contributed by atoms with E-state index in [1.807, 2.05) is 38.1 Å². The van der Waals surface area contributed by atoms with Gasteiger partial charge in [0.15, 0.2) is 0 Å². The summed E-state index contributed by atoms with van der Waals surface area (Å²) in [5.74, 6) is 1.46. The number of nitrogens with zero attached hydrogens (tertiary/aromatic N) is 4. The third-order valence-electron chi connectivity index (χ3n) is 6.39. The molecule has 2 aromatic carbocycles. The fraction of sp³-hybridized carbons (Fsp3) is 0.333. The van der Waals surface area contributed by atoms with Crippen molar-refractivity contribution in [2.24, 2.45) is 0 Å². The number of nitrogens with one attached hydrogen (secondary N) is 3. The molecule has 206 valence electrons. The molecule has 1 aliphatic heterocycles. The molecule has 3 heterocycles. The van der Waals surface area contributed by atoms with E-state index in [2.05, 4.69) is 30.5 Å². The average Bonchev–Trinajstić information content (AvgIpc) is 2.91. The summed E-state index contributed by atoms with van der Waals surface area (Å²) < 4.78 is 34.0. The van der Waals surface area contributed by atoms with Gasteiger partial charge < -0.3 is 15.4 Å². The van der Waals surface area contributed by atoms with Crippen LogP contribution in [0.3, 0.4) is 0 Å². The van der Waals surface area contributed by atoms with Crippen molar-refractivity contribution in [2.45, 2.75) is 39.2 Å². The van der Waals surface area contributed by atoms with Gasteiger partial charge in [-0.15, -0.1) is 17.5 Å². The Bertz CT molecular complexity index is 1550. The molecule has 1 atom stereocenters. The van der Waals surface area contributed by atoms with Crippen LogP contribution in [0, 0.1) is 6.92 Å². The normalized spacial score (nSPS) is 15.4. The molecule has 39 heavy (non-hydrogen) atoms. The van der Waals surface area contributed by atoms with Crippen LogP contribution in [0.25, 0.3) is 22.0 Å². The molecule has 1 fully saturated rings. The lowest BCUT2D eigenvalue weighted by molar-refractivity contribution is 0.459. The minimum Gasteiger partial charge on any atom is -0.436 e. The van der Waals surface area contributed by atoms with Crippen LogP contribution in [0.5, 0.6) is 11.6 Å². The fourth-order valence-corrected chi connectivity index (χ4v) is 5.73. The molecule has 0 aliphatic carbocycles. The van der Waals surface area contributed by atoms with E-state index in [1.54, 1.807) is 30.6 Å². The summed E-state index contributed by atoms with van der Waals surface area (Å²) >= 11 is 0. The second-order valence-electron chi connectivity index (χ2n) is 9.34. The standard InChI is InChI=1S/C27H31N7O3S.ClH/c1-3-16-38(35,36)34-24-8-4-7-21-20(24)10-9-18(2)25(21)37-26-22(11-15-30-33-26)23-12-14-29-27(32-23)31-19-6-5-13-28-17-19;/h4,7-12,14-15,19,28,34H,3,5-6,13,16-17H2,1-2H3,(H,29,31,32);1H/t19-;/m0./s1. The largest absolute Gasteiger partial charge is 0.436 e. The smallest absolute Gasteiger partial charge is 0.248 e. The van der Waals surface area contributed by atoms with E-state index < -0.39 is 10.0 Å². The predicted octanol–water partition coefficient (Wildman–Crippen LogP) is 4.92. The van der Waals surface area contributed by atoms with Crippen molar-refractivity contribution in [3.8, 4) is 22.9 Å². The first-order valence-corrected chi connectivity index (χ1v) is 14.4. The first-order valence-electron chi connectivity index (χ1n) is 12.8. The van der Waals surface area contributed by atoms with E-state index >= 15 is 0 Å². The first kappa shape index (κ1) is 28.5. The van der Waals surface area contributed by atoms with E-state index in [-0.39, 0.29) is 24.2 Å². The van der Waals surface area contributed by atoms with Gasteiger partial charge in [0, 0.05) is 29.6 Å². The zero-order valence-corrected chi connectivity index (χ0v) is 23.5. The minimum atomic E-state index is -3.45. The van der Waals surface area contributed by atoms with Crippen LogP contribution in [-0.2, 0) is 10.0 Å². The maximum atomic E-state index is 12.5. The summed E-state index contributed by atoms with van der Waals surface area (Å²) in [5.41, 5.74) is 2.70. The number of anilines is 2. The Balaban J connectivity index is 0.00000353. The number of fused-ring (bicyclic) bond motifs is 1. The summed E-state index contributed by atoms with van der Waals surface area (Å²) in [7, 11) is -3.45. The van der Waals surface area contributed by atoms with Crippen molar-refractivity contribution in [3.63, 3.8) is 0 Å². The van der Waals surface area contributed by atoms with Gasteiger partial charge in [-0.25, -0.2) is 18.4 Å². The maximum Gasteiger partial charge on any atom is 0.248 e. The third kappa shape index (κ3) is 6.73. The molecule has 0 spiro atoms. The summed E-state index contributed by atoms with van der Waals surface area (Å²) in [5, 5.41) is 16.6. The van der Waals surface area contributed by atoms with E-state index in [0.29, 0.717) is 40.9 Å². The molecule has 1 saturated heterocycles. The van der Waals surface area contributed by atoms with Gasteiger partial charge in [0.1, 0.15) is 5.75 Å². The van der Waals surface area contributed by atoms with Crippen molar-refractivity contribution in [1.82, 2.24) is 25.5 Å². The van der Waals surface area contributed by atoms with Crippen molar-refractivity contribution in [2.75, 3.05) is 28.9 Å². The lowest BCUT2D eigenvalue weighted by Crippen LogP contribution is -2.38. The Morgan fingerprint density at radius 2 is 1.97 bits per heavy atom. The SMILES string of the molecule is CCCS(=O)(=O)Nc1cccc2c(Oc3nnccc3-c3ccnc(N[C@H]4CCCNC4)n3)c(C)ccc12.Cl. The number of sulfonamides is 1. The molecule has 0 radical (unpaired) electrons. The molecule has 4 aromatic rings. The quantitative estimate of drug-likeness (QED) is 0.257. The summed E-state index contributed by atoms with van der Waals surface area (Å²) in [4.78, 5) is 9.12. The Morgan fingerprint density at radius 1 is 1.10 bits per heavy atom. The zero-order valence-electron chi connectivity index (χ0n) is 21.8. The van der Waals surface area contributed by atoms with Gasteiger partial charge in [-0.2, -0.15) is 5.10 Å². The number of piperidine rings is 1. The van der Waals surface area contributed by atoms with Crippen LogP contribution in [0.2, 0.25) is 0 Å². The highest BCUT2D eigenvalue weighted by Crippen LogP contribution is 2.38. The predicted molar refractivity (Wildman–Crippen MR) is 156 cm³/mol. The molecule has 0 amide bonds. The van der Waals surface area contributed by atoms with E-state index in [9.17, 15) is 8.42 Å². The number of aromatic nitrogens is 4. The van der Waals surface area contributed by atoms with Gasteiger partial charge in [0.25, 0.3) is 0 Å². The number of halogens is 1. The Morgan fingerprint density at radius 3 is 2.77 bits per heavy atom. The van der Waals surface area contributed by atoms with E-state index in [4.69, 9.17) is 9.72 Å². The van der Waals surface area contributed by atoms with E-state index in [0.717, 1.165) is 42.3 Å². The van der Waals surface area contributed by atoms with Crippen molar-refractivity contribution >= 4 is 44.8 Å². The molecule has 0 saturated carbocycles. The van der Waals surface area contributed by atoms with Gasteiger partial charge in [-0.1, -0.05) is 31.2 Å². The highest BCUT2D eigenvalue weighted by Gasteiger charge is 2.18. The number of ether oxygens (including phenoxy) is 1. The molecular formula is C27H32ClN7O3S. The highest BCUT2D eigenvalue weighted by atomic mass is 35.5. The van der Waals surface area contributed by atoms with Gasteiger partial charge in [-0.3, -0.25) is 4.72 Å². The van der Waals surface area contributed by atoms with E-state index in [1.165, 1.54) is 0 Å². The molecule has 0 bridgehead atoms. The fourth-order valence-electron chi connectivity index (χ4n) is 4.57. The second-order valence-corrected chi connectivity index (χ2v) is 11.2. The molecule has 3 N–H and O–H groups in total. The van der Waals surface area contributed by atoms with Crippen LogP contribution in [0.15, 0.2) is 54.9 Å². The zero-order chi connectivity index (χ0) is 26.5. The summed E-state index contributed by atoms with van der Waals surface area (Å²) in [6.07, 6.45) is 6.00. The summed E-state index contributed by atoms with van der Waals surface area (Å²) in [6, 6.07) is 13.1. The molecule has 12 heteroatoms. The van der Waals surface area contributed by atoms with Crippen molar-refractivity contribution < 1.29 is 13.2 Å². The number of rotatable bonds is 9. The van der Waals surface area contributed by atoms with Crippen molar-refractivity contribution in [3.05, 3.63) is 60.4 Å². The first-order chi connectivity index (χ1) is 18.4. The van der Waals surface area contributed by atoms with Crippen LogP contribution in [-0.4, -0.2) is 53.5 Å². The summed E-state index contributed by atoms with van der Waals surface area (Å²) in [6.45, 7) is 5.67. The van der Waals surface area contributed by atoms with Gasteiger partial charge >= 0.3 is 0 Å². The molecule has 0 unspecified atom stereocenters. The van der Waals surface area contributed by atoms with Gasteiger partial charge in [0.2, 0.25) is 21.9 Å². The van der Waals surface area contributed by atoms with Crippen LogP contribution < -0.4 is 20.1 Å². The third-order valence-corrected chi connectivity index (χ3v) is 7.87. The molecule has 1 aliphatic rings. The lowest BCUT2D eigenvalue weighted by atomic mass is 10.0. The monoisotopic (exact) mass is 569 g/mol. The Hall–Kier alpha value is -3.54. The topological polar surface area (TPSA) is 131 Å². The highest BCUT2D eigenvalue weighted by molar-refractivity contribution is 7.92. The minimum absolute atomic E-state index is 0. The molecule has 2 aromatic heterocycles. The molecular weight excluding hydrogens is 538 g/mol. The number of hydrogen-bond donors (Lipinski definition) is 3. The maximum absolute atomic E-state index is 12.5. The van der Waals surface area contributed by atoms with Crippen LogP contribution >= 0.6 is 12.4 Å². The number of hydrogen-bond acceptors (Lipinski definition) is 9. The number of benzene rings is 2. The molecule has 5 rings (SSSR count). The average molecular weight is 570 g/mol.